The highest BCUT2D eigenvalue weighted by Crippen LogP contribution is 2.33. The summed E-state index contributed by atoms with van der Waals surface area (Å²) in [4.78, 5) is 6.17. The molecule has 0 fully saturated rings. The van der Waals surface area contributed by atoms with Gasteiger partial charge < -0.3 is 4.98 Å². The first-order valence-electron chi connectivity index (χ1n) is 3.57. The smallest absolute Gasteiger partial charge is 0.360 e. The molecule has 2 aromatic heterocycles. The van der Waals surface area contributed by atoms with Gasteiger partial charge in [-0.05, 0) is 6.07 Å². The van der Waals surface area contributed by atoms with Crippen LogP contribution in [0.25, 0.3) is 10.9 Å². The van der Waals surface area contributed by atoms with Gasteiger partial charge in [0.05, 0.1) is 5.56 Å². The molecule has 0 aliphatic rings. The summed E-state index contributed by atoms with van der Waals surface area (Å²) in [6.07, 6.45) is -0.721. The van der Waals surface area contributed by atoms with E-state index >= 15 is 0 Å². The third-order valence-corrected chi connectivity index (χ3v) is 1.79. The van der Waals surface area contributed by atoms with Crippen LogP contribution in [0.3, 0.4) is 0 Å². The Hall–Kier alpha value is -1.52. The van der Waals surface area contributed by atoms with Crippen molar-refractivity contribution in [3.8, 4) is 0 Å². The highest BCUT2D eigenvalue weighted by Gasteiger charge is 2.33. The van der Waals surface area contributed by atoms with Gasteiger partial charge in [0.2, 0.25) is 0 Å². The first-order valence-corrected chi connectivity index (χ1v) is 3.57. The molecule has 0 bridgehead atoms. The molecular formula is C8H5F3N2. The third-order valence-electron chi connectivity index (χ3n) is 1.79. The van der Waals surface area contributed by atoms with Gasteiger partial charge in [0.25, 0.3) is 0 Å². The number of halogens is 3. The number of H-pyrrole nitrogens is 1. The number of pyridine rings is 1. The van der Waals surface area contributed by atoms with Crippen molar-refractivity contribution in [2.75, 3.05) is 0 Å². The zero-order valence-corrected chi connectivity index (χ0v) is 6.39. The number of nitrogens with zero attached hydrogens (tertiary/aromatic N) is 1. The third kappa shape index (κ3) is 1.26. The summed E-state index contributed by atoms with van der Waals surface area (Å²) < 4.78 is 36.9. The van der Waals surface area contributed by atoms with Crippen molar-refractivity contribution in [1.29, 1.82) is 0 Å². The van der Waals surface area contributed by atoms with Crippen molar-refractivity contribution < 1.29 is 13.2 Å². The Morgan fingerprint density at radius 1 is 1.31 bits per heavy atom. The van der Waals surface area contributed by atoms with E-state index in [0.29, 0.717) is 5.52 Å². The SMILES string of the molecule is FC(F)(F)c1c[nH]c2ccncc12. The molecule has 0 unspecified atom stereocenters. The Bertz CT molecular complexity index is 430. The van der Waals surface area contributed by atoms with Gasteiger partial charge in [-0.3, -0.25) is 4.98 Å². The van der Waals surface area contributed by atoms with Gasteiger partial charge >= 0.3 is 6.18 Å². The lowest BCUT2D eigenvalue weighted by atomic mass is 10.2. The Labute approximate surface area is 71.4 Å². The standard InChI is InChI=1S/C8H5F3N2/c9-8(10,11)6-4-13-7-1-2-12-3-5(6)7/h1-4,13H. The fourth-order valence-corrected chi connectivity index (χ4v) is 1.20. The summed E-state index contributed by atoms with van der Waals surface area (Å²) in [5.41, 5.74) is -0.224. The zero-order valence-electron chi connectivity index (χ0n) is 6.39. The lowest BCUT2D eigenvalue weighted by molar-refractivity contribution is -0.136. The fourth-order valence-electron chi connectivity index (χ4n) is 1.20. The molecule has 13 heavy (non-hydrogen) atoms. The van der Waals surface area contributed by atoms with Crippen molar-refractivity contribution in [3.63, 3.8) is 0 Å². The molecule has 2 nitrogen and oxygen atoms in total. The second-order valence-electron chi connectivity index (χ2n) is 2.62. The minimum atomic E-state index is -4.32. The second kappa shape index (κ2) is 2.48. The van der Waals surface area contributed by atoms with Crippen LogP contribution in [0.2, 0.25) is 0 Å². The van der Waals surface area contributed by atoms with Crippen LogP contribution < -0.4 is 0 Å². The summed E-state index contributed by atoms with van der Waals surface area (Å²) in [6, 6.07) is 1.50. The highest BCUT2D eigenvalue weighted by atomic mass is 19.4. The molecule has 0 radical (unpaired) electrons. The van der Waals surface area contributed by atoms with Crippen LogP contribution >= 0.6 is 0 Å². The first-order chi connectivity index (χ1) is 6.09. The lowest BCUT2D eigenvalue weighted by Crippen LogP contribution is -2.03. The Morgan fingerprint density at radius 3 is 2.77 bits per heavy atom. The monoisotopic (exact) mass is 186 g/mol. The number of aromatic amines is 1. The molecule has 0 saturated carbocycles. The summed E-state index contributed by atoms with van der Waals surface area (Å²) in [5, 5.41) is 0.106. The Balaban J connectivity index is 2.72. The molecule has 2 rings (SSSR count). The molecule has 0 atom stereocenters. The Kier molecular flexibility index (Phi) is 1.55. The molecule has 0 aliphatic heterocycles. The van der Waals surface area contributed by atoms with Gasteiger partial charge in [-0.2, -0.15) is 13.2 Å². The molecule has 2 aromatic rings. The maximum absolute atomic E-state index is 12.3. The van der Waals surface area contributed by atoms with Crippen LogP contribution in [0.15, 0.2) is 24.7 Å². The first kappa shape index (κ1) is 8.10. The predicted octanol–water partition coefficient (Wildman–Crippen LogP) is 2.58. The quantitative estimate of drug-likeness (QED) is 0.673. The number of rotatable bonds is 0. The maximum atomic E-state index is 12.3. The zero-order chi connectivity index (χ0) is 9.47. The van der Waals surface area contributed by atoms with Gasteiger partial charge in [-0.25, -0.2) is 0 Å². The lowest BCUT2D eigenvalue weighted by Gasteiger charge is -2.02. The van der Waals surface area contributed by atoms with E-state index in [0.717, 1.165) is 6.20 Å². The van der Waals surface area contributed by atoms with Gasteiger partial charge in [-0.15, -0.1) is 0 Å². The number of hydrogen-bond acceptors (Lipinski definition) is 1. The minimum absolute atomic E-state index is 0.106. The van der Waals surface area contributed by atoms with Crippen molar-refractivity contribution >= 4 is 10.9 Å². The number of alkyl halides is 3. The van der Waals surface area contributed by atoms with E-state index in [4.69, 9.17) is 0 Å². The van der Waals surface area contributed by atoms with Crippen LogP contribution in [0.1, 0.15) is 5.56 Å². The average molecular weight is 186 g/mol. The fraction of sp³-hybridized carbons (Fsp3) is 0.125. The summed E-state index contributed by atoms with van der Waals surface area (Å²) in [6.45, 7) is 0. The molecule has 0 spiro atoms. The van der Waals surface area contributed by atoms with E-state index in [1.165, 1.54) is 18.5 Å². The molecule has 0 amide bonds. The van der Waals surface area contributed by atoms with Crippen LogP contribution in [-0.4, -0.2) is 9.97 Å². The molecule has 68 valence electrons. The summed E-state index contributed by atoms with van der Waals surface area (Å²) in [5.74, 6) is 0. The van der Waals surface area contributed by atoms with Gasteiger partial charge in [0.1, 0.15) is 0 Å². The number of nitrogens with one attached hydrogen (secondary N) is 1. The van der Waals surface area contributed by atoms with Crippen molar-refractivity contribution in [3.05, 3.63) is 30.2 Å². The maximum Gasteiger partial charge on any atom is 0.418 e. The molecule has 5 heteroatoms. The van der Waals surface area contributed by atoms with Gasteiger partial charge in [-0.1, -0.05) is 0 Å². The normalized spacial score (nSPS) is 12.2. The van der Waals surface area contributed by atoms with Crippen LogP contribution in [-0.2, 0) is 6.18 Å². The van der Waals surface area contributed by atoms with Crippen LogP contribution in [0.4, 0.5) is 13.2 Å². The molecule has 0 aromatic carbocycles. The predicted molar refractivity (Wildman–Crippen MR) is 41.1 cm³/mol. The number of fused-ring (bicyclic) bond motifs is 1. The van der Waals surface area contributed by atoms with Gasteiger partial charge in [0, 0.05) is 29.5 Å². The van der Waals surface area contributed by atoms with E-state index in [1.807, 2.05) is 0 Å². The number of aromatic nitrogens is 2. The number of hydrogen-bond donors (Lipinski definition) is 1. The van der Waals surface area contributed by atoms with Crippen LogP contribution in [0, 0.1) is 0 Å². The molecule has 0 saturated heterocycles. The van der Waals surface area contributed by atoms with E-state index in [9.17, 15) is 13.2 Å². The van der Waals surface area contributed by atoms with Crippen molar-refractivity contribution in [1.82, 2.24) is 9.97 Å². The second-order valence-corrected chi connectivity index (χ2v) is 2.62. The van der Waals surface area contributed by atoms with Crippen LogP contribution in [0.5, 0.6) is 0 Å². The Morgan fingerprint density at radius 2 is 2.08 bits per heavy atom. The van der Waals surface area contributed by atoms with Crippen molar-refractivity contribution in [2.24, 2.45) is 0 Å². The average Bonchev–Trinajstić information content (AvgIpc) is 2.45. The molecule has 1 N–H and O–H groups in total. The molecule has 2 heterocycles. The van der Waals surface area contributed by atoms with E-state index in [-0.39, 0.29) is 5.39 Å². The topological polar surface area (TPSA) is 28.7 Å². The molecule has 0 aliphatic carbocycles. The summed E-state index contributed by atoms with van der Waals surface area (Å²) in [7, 11) is 0. The van der Waals surface area contributed by atoms with Gasteiger partial charge in [0.15, 0.2) is 0 Å². The molecular weight excluding hydrogens is 181 g/mol. The van der Waals surface area contributed by atoms with E-state index in [2.05, 4.69) is 9.97 Å². The highest BCUT2D eigenvalue weighted by molar-refractivity contribution is 5.82. The van der Waals surface area contributed by atoms with Crippen molar-refractivity contribution in [2.45, 2.75) is 6.18 Å². The minimum Gasteiger partial charge on any atom is -0.360 e. The largest absolute Gasteiger partial charge is 0.418 e. The van der Waals surface area contributed by atoms with E-state index < -0.39 is 11.7 Å². The van der Waals surface area contributed by atoms with E-state index in [1.54, 1.807) is 0 Å². The summed E-state index contributed by atoms with van der Waals surface area (Å²) >= 11 is 0.